The van der Waals surface area contributed by atoms with E-state index in [-0.39, 0.29) is 5.91 Å². The molecule has 0 aliphatic rings. The maximum absolute atomic E-state index is 11.6. The summed E-state index contributed by atoms with van der Waals surface area (Å²) in [5.74, 6) is 0.613. The number of unbranched alkanes of at least 4 members (excludes halogenated alkanes) is 1. The molecule has 0 saturated carbocycles. The predicted octanol–water partition coefficient (Wildman–Crippen LogP) is 3.58. The van der Waals surface area contributed by atoms with E-state index in [9.17, 15) is 4.79 Å². The van der Waals surface area contributed by atoms with Crippen LogP contribution in [0.5, 0.6) is 0 Å². The largest absolute Gasteiger partial charge is 0.325 e. The molecular weight excluding hydrogens is 248 g/mol. The van der Waals surface area contributed by atoms with Gasteiger partial charge in [-0.15, -0.1) is 11.6 Å². The molecule has 0 spiro atoms. The van der Waals surface area contributed by atoms with E-state index in [1.165, 1.54) is 0 Å². The SMILES string of the molecule is O=C(CCCCCl)Nc1cnc2ccccc2c1. The minimum atomic E-state index is 0.0113. The van der Waals surface area contributed by atoms with Gasteiger partial charge in [0, 0.05) is 17.7 Å². The van der Waals surface area contributed by atoms with E-state index < -0.39 is 0 Å². The molecule has 1 amide bonds. The van der Waals surface area contributed by atoms with Gasteiger partial charge in [0.1, 0.15) is 0 Å². The van der Waals surface area contributed by atoms with E-state index in [1.54, 1.807) is 6.20 Å². The number of nitrogens with one attached hydrogen (secondary N) is 1. The number of carbonyl (C=O) groups is 1. The number of amides is 1. The summed E-state index contributed by atoms with van der Waals surface area (Å²) in [6.45, 7) is 0. The van der Waals surface area contributed by atoms with Gasteiger partial charge in [-0.3, -0.25) is 9.78 Å². The van der Waals surface area contributed by atoms with Crippen molar-refractivity contribution in [3.05, 3.63) is 36.5 Å². The summed E-state index contributed by atoms with van der Waals surface area (Å²) in [5.41, 5.74) is 1.67. The number of anilines is 1. The van der Waals surface area contributed by atoms with Gasteiger partial charge in [0.15, 0.2) is 0 Å². The fourth-order valence-electron chi connectivity index (χ4n) is 1.74. The number of para-hydroxylation sites is 1. The molecule has 1 heterocycles. The van der Waals surface area contributed by atoms with E-state index in [0.29, 0.717) is 12.3 Å². The van der Waals surface area contributed by atoms with Crippen LogP contribution in [0.15, 0.2) is 36.5 Å². The molecule has 0 bridgehead atoms. The number of alkyl halides is 1. The van der Waals surface area contributed by atoms with Crippen molar-refractivity contribution >= 4 is 34.1 Å². The number of halogens is 1. The average molecular weight is 263 g/mol. The molecule has 94 valence electrons. The zero-order valence-corrected chi connectivity index (χ0v) is 10.8. The van der Waals surface area contributed by atoms with Crippen LogP contribution in [0.4, 0.5) is 5.69 Å². The van der Waals surface area contributed by atoms with Gasteiger partial charge < -0.3 is 5.32 Å². The summed E-state index contributed by atoms with van der Waals surface area (Å²) >= 11 is 5.57. The number of hydrogen-bond donors (Lipinski definition) is 1. The molecule has 0 saturated heterocycles. The lowest BCUT2D eigenvalue weighted by Gasteiger charge is -2.05. The van der Waals surface area contributed by atoms with Crippen molar-refractivity contribution in [3.8, 4) is 0 Å². The molecule has 0 unspecified atom stereocenters. The highest BCUT2D eigenvalue weighted by Gasteiger charge is 2.03. The minimum absolute atomic E-state index is 0.0113. The van der Waals surface area contributed by atoms with Crippen molar-refractivity contribution < 1.29 is 4.79 Å². The molecule has 1 aromatic carbocycles. The highest BCUT2D eigenvalue weighted by atomic mass is 35.5. The number of fused-ring (bicyclic) bond motifs is 1. The molecule has 4 heteroatoms. The third-order valence-electron chi connectivity index (χ3n) is 2.66. The number of nitrogens with zero attached hydrogens (tertiary/aromatic N) is 1. The van der Waals surface area contributed by atoms with Gasteiger partial charge in [0.2, 0.25) is 5.91 Å². The zero-order chi connectivity index (χ0) is 12.8. The summed E-state index contributed by atoms with van der Waals surface area (Å²) in [4.78, 5) is 15.9. The normalized spacial score (nSPS) is 10.5. The Hall–Kier alpha value is -1.61. The Morgan fingerprint density at radius 2 is 2.11 bits per heavy atom. The molecule has 1 N–H and O–H groups in total. The van der Waals surface area contributed by atoms with Crippen LogP contribution in [0.25, 0.3) is 10.9 Å². The molecule has 0 fully saturated rings. The van der Waals surface area contributed by atoms with Crippen LogP contribution in [0.1, 0.15) is 19.3 Å². The number of aromatic nitrogens is 1. The van der Waals surface area contributed by atoms with Gasteiger partial charge in [-0.1, -0.05) is 18.2 Å². The van der Waals surface area contributed by atoms with Crippen LogP contribution >= 0.6 is 11.6 Å². The summed E-state index contributed by atoms with van der Waals surface area (Å²) in [5, 5.41) is 3.87. The van der Waals surface area contributed by atoms with E-state index in [0.717, 1.165) is 29.4 Å². The molecule has 0 aliphatic carbocycles. The second-order valence-corrected chi connectivity index (χ2v) is 4.49. The molecule has 0 atom stereocenters. The third kappa shape index (κ3) is 3.44. The van der Waals surface area contributed by atoms with E-state index >= 15 is 0 Å². The second kappa shape index (κ2) is 6.36. The Morgan fingerprint density at radius 3 is 2.94 bits per heavy atom. The summed E-state index contributed by atoms with van der Waals surface area (Å²) < 4.78 is 0. The minimum Gasteiger partial charge on any atom is -0.325 e. The first-order valence-electron chi connectivity index (χ1n) is 6.00. The van der Waals surface area contributed by atoms with Crippen molar-refractivity contribution in [2.75, 3.05) is 11.2 Å². The highest BCUT2D eigenvalue weighted by Crippen LogP contribution is 2.16. The summed E-state index contributed by atoms with van der Waals surface area (Å²) in [6.07, 6.45) is 3.86. The Balaban J connectivity index is 2.01. The first-order chi connectivity index (χ1) is 8.79. The van der Waals surface area contributed by atoms with Gasteiger partial charge >= 0.3 is 0 Å². The Labute approximate surface area is 111 Å². The van der Waals surface area contributed by atoms with Gasteiger partial charge in [0.05, 0.1) is 17.4 Å². The number of pyridine rings is 1. The molecule has 2 rings (SSSR count). The molecule has 0 aliphatic heterocycles. The van der Waals surface area contributed by atoms with Gasteiger partial charge in [-0.2, -0.15) is 0 Å². The molecule has 3 nitrogen and oxygen atoms in total. The first kappa shape index (κ1) is 12.8. The zero-order valence-electron chi connectivity index (χ0n) is 10.0. The lowest BCUT2D eigenvalue weighted by Crippen LogP contribution is -2.11. The van der Waals surface area contributed by atoms with Gasteiger partial charge in [0.25, 0.3) is 0 Å². The van der Waals surface area contributed by atoms with Gasteiger partial charge in [-0.05, 0) is 25.0 Å². The molecule has 2 aromatic rings. The van der Waals surface area contributed by atoms with Crippen molar-refractivity contribution in [1.29, 1.82) is 0 Å². The molecule has 18 heavy (non-hydrogen) atoms. The monoisotopic (exact) mass is 262 g/mol. The van der Waals surface area contributed by atoms with Crippen molar-refractivity contribution in [2.24, 2.45) is 0 Å². The fraction of sp³-hybridized carbons (Fsp3) is 0.286. The first-order valence-corrected chi connectivity index (χ1v) is 6.53. The van der Waals surface area contributed by atoms with Crippen molar-refractivity contribution in [3.63, 3.8) is 0 Å². The third-order valence-corrected chi connectivity index (χ3v) is 2.93. The van der Waals surface area contributed by atoms with Gasteiger partial charge in [-0.25, -0.2) is 0 Å². The smallest absolute Gasteiger partial charge is 0.224 e. The maximum atomic E-state index is 11.6. The van der Waals surface area contributed by atoms with E-state index in [1.807, 2.05) is 30.3 Å². The van der Waals surface area contributed by atoms with Crippen LogP contribution in [-0.2, 0) is 4.79 Å². The van der Waals surface area contributed by atoms with Crippen LogP contribution < -0.4 is 5.32 Å². The standard InChI is InChI=1S/C14H15ClN2O/c15-8-4-3-7-14(18)17-12-9-11-5-1-2-6-13(11)16-10-12/h1-2,5-6,9-10H,3-4,7-8H2,(H,17,18). The van der Waals surface area contributed by atoms with Crippen molar-refractivity contribution in [2.45, 2.75) is 19.3 Å². The Morgan fingerprint density at radius 1 is 1.28 bits per heavy atom. The van der Waals surface area contributed by atoms with Crippen LogP contribution in [0.3, 0.4) is 0 Å². The fourth-order valence-corrected chi connectivity index (χ4v) is 1.93. The maximum Gasteiger partial charge on any atom is 0.224 e. The van der Waals surface area contributed by atoms with E-state index in [2.05, 4.69) is 10.3 Å². The average Bonchev–Trinajstić information content (AvgIpc) is 2.39. The number of carbonyl (C=O) groups excluding carboxylic acids is 1. The summed E-state index contributed by atoms with van der Waals surface area (Å²) in [7, 11) is 0. The van der Waals surface area contributed by atoms with Crippen LogP contribution in [-0.4, -0.2) is 16.8 Å². The topological polar surface area (TPSA) is 42.0 Å². The lowest BCUT2D eigenvalue weighted by atomic mass is 10.2. The Bertz CT molecular complexity index is 542. The predicted molar refractivity (Wildman–Crippen MR) is 74.9 cm³/mol. The van der Waals surface area contributed by atoms with E-state index in [4.69, 9.17) is 11.6 Å². The Kier molecular flexibility index (Phi) is 4.53. The molecule has 1 aromatic heterocycles. The molecule has 0 radical (unpaired) electrons. The van der Waals surface area contributed by atoms with Crippen LogP contribution in [0.2, 0.25) is 0 Å². The lowest BCUT2D eigenvalue weighted by molar-refractivity contribution is -0.116. The summed E-state index contributed by atoms with van der Waals surface area (Å²) in [6, 6.07) is 9.75. The van der Waals surface area contributed by atoms with Crippen LogP contribution in [0, 0.1) is 0 Å². The quantitative estimate of drug-likeness (QED) is 0.661. The number of rotatable bonds is 5. The number of hydrogen-bond acceptors (Lipinski definition) is 2. The highest BCUT2D eigenvalue weighted by molar-refractivity contribution is 6.17. The van der Waals surface area contributed by atoms with Crippen molar-refractivity contribution in [1.82, 2.24) is 4.98 Å². The molecular formula is C14H15ClN2O. The second-order valence-electron chi connectivity index (χ2n) is 4.11. The number of benzene rings is 1.